The molecule has 1 saturated carbocycles. The molecule has 0 radical (unpaired) electrons. The van der Waals surface area contributed by atoms with Gasteiger partial charge in [-0.2, -0.15) is 0 Å². The molecule has 1 fully saturated rings. The van der Waals surface area contributed by atoms with Crippen molar-refractivity contribution in [2.45, 2.75) is 19.4 Å². The van der Waals surface area contributed by atoms with E-state index in [1.54, 1.807) is 19.2 Å². The second kappa shape index (κ2) is 7.94. The average Bonchev–Trinajstić information content (AvgIpc) is 3.61. The number of aromatic nitrogens is 3. The first kappa shape index (κ1) is 20.5. The number of anilines is 2. The van der Waals surface area contributed by atoms with E-state index in [0.29, 0.717) is 29.2 Å². The second-order valence-corrected chi connectivity index (χ2v) is 9.01. The number of rotatable bonds is 5. The molecule has 1 aliphatic carbocycles. The minimum atomic E-state index is -0.434. The molecule has 8 heteroatoms. The standard InChI is InChI=1S/C24H21BrN4O3/c1-27-20(30)13-19(26-17-11-9-16(25)10-12-17)21-22(27)29(18-5-3-2-4-6-18)24(32)28(23(21)31)14-15-7-8-15/h2-6,9-13,15,26H,7-8,14H2,1H3. The predicted molar refractivity (Wildman–Crippen MR) is 129 cm³/mol. The number of nitrogens with zero attached hydrogens (tertiary/aromatic N) is 3. The molecular weight excluding hydrogens is 472 g/mol. The summed E-state index contributed by atoms with van der Waals surface area (Å²) in [5.41, 5.74) is 0.836. The van der Waals surface area contributed by atoms with Crippen LogP contribution >= 0.6 is 15.9 Å². The molecule has 2 heterocycles. The maximum absolute atomic E-state index is 13.6. The minimum Gasteiger partial charge on any atom is -0.355 e. The van der Waals surface area contributed by atoms with Crippen LogP contribution in [0.4, 0.5) is 11.4 Å². The Morgan fingerprint density at radius 3 is 2.34 bits per heavy atom. The smallest absolute Gasteiger partial charge is 0.337 e. The van der Waals surface area contributed by atoms with Gasteiger partial charge in [-0.05, 0) is 55.2 Å². The molecule has 1 aliphatic rings. The average molecular weight is 493 g/mol. The lowest BCUT2D eigenvalue weighted by Crippen LogP contribution is -2.42. The van der Waals surface area contributed by atoms with Gasteiger partial charge in [-0.25, -0.2) is 9.36 Å². The Labute approximate surface area is 191 Å². The quantitative estimate of drug-likeness (QED) is 0.459. The number of hydrogen-bond acceptors (Lipinski definition) is 4. The Bertz CT molecular complexity index is 1500. The molecule has 0 saturated heterocycles. The van der Waals surface area contributed by atoms with E-state index in [2.05, 4.69) is 21.2 Å². The molecule has 7 nitrogen and oxygen atoms in total. The van der Waals surface area contributed by atoms with Crippen molar-refractivity contribution >= 4 is 38.3 Å². The van der Waals surface area contributed by atoms with Crippen LogP contribution in [0.25, 0.3) is 16.7 Å². The van der Waals surface area contributed by atoms with Crippen LogP contribution in [0.1, 0.15) is 12.8 Å². The van der Waals surface area contributed by atoms with Crippen molar-refractivity contribution in [1.29, 1.82) is 0 Å². The zero-order valence-corrected chi connectivity index (χ0v) is 19.0. The number of nitrogens with one attached hydrogen (secondary N) is 1. The van der Waals surface area contributed by atoms with Crippen LogP contribution in [-0.4, -0.2) is 13.7 Å². The fourth-order valence-electron chi connectivity index (χ4n) is 3.91. The zero-order chi connectivity index (χ0) is 22.4. The molecule has 5 rings (SSSR count). The number of aryl methyl sites for hydroxylation is 1. The maximum atomic E-state index is 13.6. The summed E-state index contributed by atoms with van der Waals surface area (Å²) < 4.78 is 5.05. The van der Waals surface area contributed by atoms with Crippen LogP contribution < -0.4 is 22.1 Å². The monoisotopic (exact) mass is 492 g/mol. The lowest BCUT2D eigenvalue weighted by molar-refractivity contribution is 0.567. The second-order valence-electron chi connectivity index (χ2n) is 8.10. The Kier molecular flexibility index (Phi) is 5.09. The maximum Gasteiger partial charge on any atom is 0.337 e. The van der Waals surface area contributed by atoms with Gasteiger partial charge >= 0.3 is 5.69 Å². The fraction of sp³-hybridized carbons (Fsp3) is 0.208. The molecule has 0 amide bonds. The molecule has 0 spiro atoms. The highest BCUT2D eigenvalue weighted by Gasteiger charge is 2.26. The third-order valence-corrected chi connectivity index (χ3v) is 6.31. The van der Waals surface area contributed by atoms with Gasteiger partial charge in [0.1, 0.15) is 11.0 Å². The van der Waals surface area contributed by atoms with Crippen molar-refractivity contribution in [3.63, 3.8) is 0 Å². The van der Waals surface area contributed by atoms with E-state index < -0.39 is 5.69 Å². The third-order valence-electron chi connectivity index (χ3n) is 5.78. The van der Waals surface area contributed by atoms with E-state index >= 15 is 0 Å². The number of benzene rings is 2. The summed E-state index contributed by atoms with van der Waals surface area (Å²) in [5.74, 6) is 0.331. The van der Waals surface area contributed by atoms with E-state index in [-0.39, 0.29) is 16.8 Å². The van der Waals surface area contributed by atoms with Crippen LogP contribution in [0.5, 0.6) is 0 Å². The fourth-order valence-corrected chi connectivity index (χ4v) is 4.17. The number of halogens is 1. The van der Waals surface area contributed by atoms with E-state index in [1.165, 1.54) is 19.8 Å². The Hall–Kier alpha value is -3.39. The minimum absolute atomic E-state index is 0.269. The molecule has 0 bridgehead atoms. The van der Waals surface area contributed by atoms with Gasteiger partial charge in [-0.1, -0.05) is 34.1 Å². The Morgan fingerprint density at radius 1 is 1.00 bits per heavy atom. The normalized spacial score (nSPS) is 13.4. The van der Waals surface area contributed by atoms with Gasteiger partial charge in [0.2, 0.25) is 0 Å². The first-order valence-electron chi connectivity index (χ1n) is 10.4. The van der Waals surface area contributed by atoms with Crippen LogP contribution in [-0.2, 0) is 13.6 Å². The predicted octanol–water partition coefficient (Wildman–Crippen LogP) is 3.77. The highest BCUT2D eigenvalue weighted by atomic mass is 79.9. The number of pyridine rings is 1. The van der Waals surface area contributed by atoms with E-state index in [1.807, 2.05) is 42.5 Å². The highest BCUT2D eigenvalue weighted by Crippen LogP contribution is 2.30. The van der Waals surface area contributed by atoms with Crippen LogP contribution in [0, 0.1) is 5.92 Å². The molecule has 0 unspecified atom stereocenters. The SMILES string of the molecule is Cn1c(=O)cc(Nc2ccc(Br)cc2)c2c(=O)n(CC3CC3)c(=O)n(-c3ccccc3)c21. The van der Waals surface area contributed by atoms with Gasteiger partial charge < -0.3 is 5.32 Å². The highest BCUT2D eigenvalue weighted by molar-refractivity contribution is 9.10. The number of fused-ring (bicyclic) bond motifs is 1. The van der Waals surface area contributed by atoms with Crippen LogP contribution in [0.3, 0.4) is 0 Å². The first-order chi connectivity index (χ1) is 15.4. The van der Waals surface area contributed by atoms with Crippen molar-refractivity contribution in [2.24, 2.45) is 13.0 Å². The van der Waals surface area contributed by atoms with Gasteiger partial charge in [-0.3, -0.25) is 18.7 Å². The largest absolute Gasteiger partial charge is 0.355 e. The van der Waals surface area contributed by atoms with Crippen molar-refractivity contribution in [3.8, 4) is 5.69 Å². The van der Waals surface area contributed by atoms with Crippen molar-refractivity contribution in [3.05, 3.63) is 96.3 Å². The van der Waals surface area contributed by atoms with Gasteiger partial charge in [0.25, 0.3) is 11.1 Å². The molecular formula is C24H21BrN4O3. The van der Waals surface area contributed by atoms with Gasteiger partial charge in [0, 0.05) is 29.8 Å². The molecule has 1 N–H and O–H groups in total. The summed E-state index contributed by atoms with van der Waals surface area (Å²) in [6, 6.07) is 18.0. The number of hydrogen-bond donors (Lipinski definition) is 1. The molecule has 2 aromatic carbocycles. The van der Waals surface area contributed by atoms with Crippen molar-refractivity contribution in [1.82, 2.24) is 13.7 Å². The van der Waals surface area contributed by atoms with E-state index in [9.17, 15) is 14.4 Å². The summed E-state index contributed by atoms with van der Waals surface area (Å²) >= 11 is 3.41. The Balaban J connectivity index is 1.87. The third kappa shape index (κ3) is 3.60. The van der Waals surface area contributed by atoms with Gasteiger partial charge in [0.15, 0.2) is 0 Å². The lowest BCUT2D eigenvalue weighted by Gasteiger charge is -2.19. The topological polar surface area (TPSA) is 78.0 Å². The summed E-state index contributed by atoms with van der Waals surface area (Å²) in [6.45, 7) is 0.376. The Morgan fingerprint density at radius 2 is 1.69 bits per heavy atom. The molecule has 32 heavy (non-hydrogen) atoms. The van der Waals surface area contributed by atoms with Crippen LogP contribution in [0.15, 0.2) is 79.5 Å². The summed E-state index contributed by atoms with van der Waals surface area (Å²) in [7, 11) is 1.58. The summed E-state index contributed by atoms with van der Waals surface area (Å²) in [6.07, 6.45) is 2.01. The molecule has 2 aromatic heterocycles. The van der Waals surface area contributed by atoms with Gasteiger partial charge in [-0.15, -0.1) is 0 Å². The lowest BCUT2D eigenvalue weighted by atomic mass is 10.2. The molecule has 4 aromatic rings. The molecule has 162 valence electrons. The van der Waals surface area contributed by atoms with Crippen molar-refractivity contribution < 1.29 is 0 Å². The van der Waals surface area contributed by atoms with E-state index in [0.717, 1.165) is 23.0 Å². The van der Waals surface area contributed by atoms with E-state index in [4.69, 9.17) is 0 Å². The molecule has 0 atom stereocenters. The number of para-hydroxylation sites is 1. The summed E-state index contributed by atoms with van der Waals surface area (Å²) in [4.78, 5) is 40.0. The molecule has 0 aliphatic heterocycles. The van der Waals surface area contributed by atoms with Crippen LogP contribution in [0.2, 0.25) is 0 Å². The first-order valence-corrected chi connectivity index (χ1v) is 11.2. The van der Waals surface area contributed by atoms with Gasteiger partial charge in [0.05, 0.1) is 11.4 Å². The zero-order valence-electron chi connectivity index (χ0n) is 17.4. The van der Waals surface area contributed by atoms with Crippen molar-refractivity contribution in [2.75, 3.05) is 5.32 Å². The summed E-state index contributed by atoms with van der Waals surface area (Å²) in [5, 5.41) is 3.52.